The van der Waals surface area contributed by atoms with Crippen molar-refractivity contribution in [1.29, 1.82) is 0 Å². The molecule has 104 valence electrons. The number of fused-ring (bicyclic) bond motifs is 1. The number of halogens is 2. The van der Waals surface area contributed by atoms with Gasteiger partial charge >= 0.3 is 0 Å². The third-order valence-electron chi connectivity index (χ3n) is 4.26. The molecule has 1 aromatic heterocycles. The summed E-state index contributed by atoms with van der Waals surface area (Å²) in [7, 11) is 0. The summed E-state index contributed by atoms with van der Waals surface area (Å²) in [6.45, 7) is 1.39. The van der Waals surface area contributed by atoms with Gasteiger partial charge in [0.05, 0.1) is 0 Å². The molecule has 1 aliphatic heterocycles. The number of pyridine rings is 1. The molecule has 0 bridgehead atoms. The maximum Gasteiger partial charge on any atom is 0.248 e. The minimum atomic E-state index is -2.46. The van der Waals surface area contributed by atoms with Crippen molar-refractivity contribution in [3.05, 3.63) is 23.4 Å². The molecule has 3 rings (SSSR count). The van der Waals surface area contributed by atoms with Crippen molar-refractivity contribution in [1.82, 2.24) is 4.98 Å². The molecule has 0 aromatic carbocycles. The van der Waals surface area contributed by atoms with Crippen molar-refractivity contribution in [3.63, 3.8) is 0 Å². The number of anilines is 1. The van der Waals surface area contributed by atoms with E-state index in [0.29, 0.717) is 19.4 Å². The van der Waals surface area contributed by atoms with Crippen LogP contribution >= 0.6 is 0 Å². The molecular weight excluding hydrogens is 248 g/mol. The molecule has 19 heavy (non-hydrogen) atoms. The first kappa shape index (κ1) is 12.8. The molecule has 1 aliphatic carbocycles. The summed E-state index contributed by atoms with van der Waals surface area (Å²) in [5, 5.41) is 0. The van der Waals surface area contributed by atoms with Gasteiger partial charge in [-0.2, -0.15) is 0 Å². The quantitative estimate of drug-likeness (QED) is 0.895. The van der Waals surface area contributed by atoms with E-state index in [0.717, 1.165) is 24.3 Å². The van der Waals surface area contributed by atoms with Crippen molar-refractivity contribution < 1.29 is 8.78 Å². The Morgan fingerprint density at radius 3 is 2.79 bits per heavy atom. The molecule has 3 nitrogen and oxygen atoms in total. The molecule has 2 heterocycles. The van der Waals surface area contributed by atoms with Crippen LogP contribution in [0.15, 0.2) is 12.3 Å². The smallest absolute Gasteiger partial charge is 0.248 e. The topological polar surface area (TPSA) is 42.1 Å². The van der Waals surface area contributed by atoms with Crippen LogP contribution < -0.4 is 10.6 Å². The van der Waals surface area contributed by atoms with Crippen LogP contribution in [0, 0.1) is 0 Å². The second kappa shape index (κ2) is 4.71. The van der Waals surface area contributed by atoms with E-state index in [1.807, 2.05) is 0 Å². The van der Waals surface area contributed by atoms with E-state index in [1.54, 1.807) is 6.20 Å². The number of alkyl halides is 2. The largest absolute Gasteiger partial charge is 0.353 e. The third-order valence-corrected chi connectivity index (χ3v) is 4.26. The molecule has 0 saturated heterocycles. The van der Waals surface area contributed by atoms with Gasteiger partial charge in [-0.25, -0.2) is 13.8 Å². The average molecular weight is 267 g/mol. The van der Waals surface area contributed by atoms with Gasteiger partial charge in [0.25, 0.3) is 0 Å². The van der Waals surface area contributed by atoms with Gasteiger partial charge in [-0.3, -0.25) is 0 Å². The van der Waals surface area contributed by atoms with Crippen molar-refractivity contribution in [2.75, 3.05) is 11.4 Å². The highest BCUT2D eigenvalue weighted by Crippen LogP contribution is 2.38. The van der Waals surface area contributed by atoms with E-state index in [9.17, 15) is 8.78 Å². The number of rotatable bonds is 2. The lowest BCUT2D eigenvalue weighted by atomic mass is 9.91. The Hall–Kier alpha value is -1.23. The van der Waals surface area contributed by atoms with Crippen LogP contribution in [0.25, 0.3) is 0 Å². The summed E-state index contributed by atoms with van der Waals surface area (Å²) in [5.41, 5.74) is 7.86. The molecule has 0 spiro atoms. The zero-order chi connectivity index (χ0) is 13.5. The van der Waals surface area contributed by atoms with E-state index < -0.39 is 5.92 Å². The summed E-state index contributed by atoms with van der Waals surface area (Å²) in [6.07, 6.45) is 3.88. The highest BCUT2D eigenvalue weighted by molar-refractivity contribution is 5.53. The van der Waals surface area contributed by atoms with E-state index in [2.05, 4.69) is 16.0 Å². The van der Waals surface area contributed by atoms with E-state index in [1.165, 1.54) is 5.56 Å². The fourth-order valence-electron chi connectivity index (χ4n) is 3.15. The van der Waals surface area contributed by atoms with Gasteiger partial charge in [-0.1, -0.05) is 0 Å². The Balaban J connectivity index is 1.76. The van der Waals surface area contributed by atoms with Gasteiger partial charge in [-0.05, 0) is 36.5 Å². The molecule has 0 amide bonds. The van der Waals surface area contributed by atoms with Crippen LogP contribution in [0.5, 0.6) is 0 Å². The summed E-state index contributed by atoms with van der Waals surface area (Å²) in [4.78, 5) is 6.69. The highest BCUT2D eigenvalue weighted by atomic mass is 19.3. The molecule has 0 atom stereocenters. The van der Waals surface area contributed by atoms with Crippen LogP contribution in [-0.2, 0) is 13.0 Å². The predicted molar refractivity (Wildman–Crippen MR) is 70.4 cm³/mol. The number of hydrogen-bond acceptors (Lipinski definition) is 3. The van der Waals surface area contributed by atoms with Gasteiger partial charge in [0.2, 0.25) is 5.92 Å². The second-order valence-electron chi connectivity index (χ2n) is 5.56. The molecule has 1 aromatic rings. The van der Waals surface area contributed by atoms with Crippen LogP contribution in [0.4, 0.5) is 14.6 Å². The third kappa shape index (κ3) is 2.43. The maximum absolute atomic E-state index is 13.2. The normalized spacial score (nSPS) is 22.6. The Morgan fingerprint density at radius 1 is 1.37 bits per heavy atom. The molecule has 0 radical (unpaired) electrons. The number of hydrogen-bond donors (Lipinski definition) is 1. The molecule has 1 saturated carbocycles. The van der Waals surface area contributed by atoms with Crippen LogP contribution in [0.2, 0.25) is 0 Å². The lowest BCUT2D eigenvalue weighted by Gasteiger charge is -2.35. The molecule has 2 N–H and O–H groups in total. The van der Waals surface area contributed by atoms with Crippen LogP contribution in [0.3, 0.4) is 0 Å². The monoisotopic (exact) mass is 267 g/mol. The predicted octanol–water partition coefficient (Wildman–Crippen LogP) is 2.48. The van der Waals surface area contributed by atoms with E-state index in [4.69, 9.17) is 5.73 Å². The van der Waals surface area contributed by atoms with E-state index in [-0.39, 0.29) is 18.9 Å². The summed E-state index contributed by atoms with van der Waals surface area (Å²) >= 11 is 0. The Bertz CT molecular complexity index is 466. The van der Waals surface area contributed by atoms with Crippen molar-refractivity contribution in [3.8, 4) is 0 Å². The molecule has 0 unspecified atom stereocenters. The van der Waals surface area contributed by atoms with Gasteiger partial charge in [0, 0.05) is 38.2 Å². The highest BCUT2D eigenvalue weighted by Gasteiger charge is 2.38. The Kier molecular flexibility index (Phi) is 3.17. The Morgan fingerprint density at radius 2 is 2.11 bits per heavy atom. The summed E-state index contributed by atoms with van der Waals surface area (Å²) in [6, 6.07) is 2.32. The first-order valence-corrected chi connectivity index (χ1v) is 6.91. The van der Waals surface area contributed by atoms with Crippen molar-refractivity contribution in [2.45, 2.75) is 50.6 Å². The van der Waals surface area contributed by atoms with Crippen molar-refractivity contribution in [2.24, 2.45) is 5.73 Å². The molecule has 2 aliphatic rings. The second-order valence-corrected chi connectivity index (χ2v) is 5.56. The number of aromatic nitrogens is 1. The lowest BCUT2D eigenvalue weighted by Crippen LogP contribution is -2.40. The summed E-state index contributed by atoms with van der Waals surface area (Å²) in [5.74, 6) is -1.48. The molecule has 1 fully saturated rings. The first-order chi connectivity index (χ1) is 9.09. The SMILES string of the molecule is NCc1cnc2c(c1)CCN2C1CCC(F)(F)CC1. The van der Waals surface area contributed by atoms with E-state index >= 15 is 0 Å². The fourth-order valence-corrected chi connectivity index (χ4v) is 3.15. The summed E-state index contributed by atoms with van der Waals surface area (Å²) < 4.78 is 26.4. The standard InChI is InChI=1S/C14H19F2N3/c15-14(16)4-1-12(2-5-14)19-6-3-11-7-10(8-17)9-18-13(11)19/h7,9,12H,1-6,8,17H2. The lowest BCUT2D eigenvalue weighted by molar-refractivity contribution is -0.0380. The number of nitrogens with zero attached hydrogens (tertiary/aromatic N) is 2. The maximum atomic E-state index is 13.2. The first-order valence-electron chi connectivity index (χ1n) is 6.91. The number of nitrogens with two attached hydrogens (primary N) is 1. The van der Waals surface area contributed by atoms with Crippen LogP contribution in [-0.4, -0.2) is 23.5 Å². The van der Waals surface area contributed by atoms with Crippen molar-refractivity contribution >= 4 is 5.82 Å². The molecule has 5 heteroatoms. The van der Waals surface area contributed by atoms with Crippen LogP contribution in [0.1, 0.15) is 36.8 Å². The zero-order valence-electron chi connectivity index (χ0n) is 10.9. The van der Waals surface area contributed by atoms with Gasteiger partial charge in [0.1, 0.15) is 5.82 Å². The minimum absolute atomic E-state index is 0.00435. The average Bonchev–Trinajstić information content (AvgIpc) is 2.81. The van der Waals surface area contributed by atoms with Gasteiger partial charge < -0.3 is 10.6 Å². The minimum Gasteiger partial charge on any atom is -0.353 e. The zero-order valence-corrected chi connectivity index (χ0v) is 10.9. The van der Waals surface area contributed by atoms with Gasteiger partial charge in [0.15, 0.2) is 0 Å². The fraction of sp³-hybridized carbons (Fsp3) is 0.643. The Labute approximate surface area is 111 Å². The molecular formula is C14H19F2N3. The van der Waals surface area contributed by atoms with Gasteiger partial charge in [-0.15, -0.1) is 0 Å².